The summed E-state index contributed by atoms with van der Waals surface area (Å²) in [7, 11) is 0. The minimum Gasteiger partial charge on any atom is -0.368 e. The van der Waals surface area contributed by atoms with E-state index in [-0.39, 0.29) is 0 Å². The Kier molecular flexibility index (Phi) is 1.71. The van der Waals surface area contributed by atoms with Crippen molar-refractivity contribution in [1.29, 1.82) is 0 Å². The highest BCUT2D eigenvalue weighted by molar-refractivity contribution is 14.1. The zero-order chi connectivity index (χ0) is 4.41. The van der Waals surface area contributed by atoms with Crippen molar-refractivity contribution in [1.82, 2.24) is 0 Å². The zero-order valence-corrected chi connectivity index (χ0v) is 5.64. The fourth-order valence-electron chi connectivity index (χ4n) is 0.538. The maximum absolute atomic E-state index is 5.14. The predicted molar refractivity (Wildman–Crippen MR) is 33.0 cm³/mol. The third-order valence-electron chi connectivity index (χ3n) is 0.874. The van der Waals surface area contributed by atoms with Gasteiger partial charge < -0.3 is 4.74 Å². The smallest absolute Gasteiger partial charge is 0.108 e. The van der Waals surface area contributed by atoms with Crippen LogP contribution in [0.25, 0.3) is 0 Å². The van der Waals surface area contributed by atoms with Gasteiger partial charge >= 0.3 is 0 Å². The molecule has 1 heterocycles. The molecule has 1 rings (SSSR count). The standard InChI is InChI=1S/C4H7IO/c5-4-2-1-3-6-4/h4H,1-3H2/t4-/m0/s1. The first-order chi connectivity index (χ1) is 2.89. The summed E-state index contributed by atoms with van der Waals surface area (Å²) in [4.78, 5) is 0. The Morgan fingerprint density at radius 2 is 2.50 bits per heavy atom. The molecule has 0 saturated carbocycles. The Morgan fingerprint density at radius 1 is 1.67 bits per heavy atom. The van der Waals surface area contributed by atoms with E-state index >= 15 is 0 Å². The molecule has 36 valence electrons. The third-order valence-corrected chi connectivity index (χ3v) is 1.86. The summed E-state index contributed by atoms with van der Waals surface area (Å²) < 4.78 is 5.66. The van der Waals surface area contributed by atoms with E-state index in [1.165, 1.54) is 12.8 Å². The molecule has 0 aromatic heterocycles. The molecule has 6 heavy (non-hydrogen) atoms. The van der Waals surface area contributed by atoms with Crippen molar-refractivity contribution in [3.63, 3.8) is 0 Å². The summed E-state index contributed by atoms with van der Waals surface area (Å²) in [6.07, 6.45) is 2.51. The van der Waals surface area contributed by atoms with Crippen molar-refractivity contribution < 1.29 is 4.74 Å². The number of halogens is 1. The van der Waals surface area contributed by atoms with E-state index in [0.29, 0.717) is 4.11 Å². The molecule has 1 fully saturated rings. The molecule has 0 N–H and O–H groups in total. The van der Waals surface area contributed by atoms with Gasteiger partial charge in [-0.05, 0) is 12.8 Å². The van der Waals surface area contributed by atoms with E-state index < -0.39 is 0 Å². The number of hydrogen-bond donors (Lipinski definition) is 0. The SMILES string of the molecule is I[C@@H]1CCCO1. The fraction of sp³-hybridized carbons (Fsp3) is 1.00. The molecular formula is C4H7IO. The van der Waals surface area contributed by atoms with Crippen LogP contribution in [-0.4, -0.2) is 10.7 Å². The highest BCUT2D eigenvalue weighted by Gasteiger charge is 2.09. The summed E-state index contributed by atoms with van der Waals surface area (Å²) in [5.41, 5.74) is 0. The third kappa shape index (κ3) is 1.08. The molecule has 0 aromatic rings. The quantitative estimate of drug-likeness (QED) is 0.424. The average molecular weight is 198 g/mol. The van der Waals surface area contributed by atoms with E-state index in [4.69, 9.17) is 4.74 Å². The van der Waals surface area contributed by atoms with Crippen molar-refractivity contribution >= 4 is 22.6 Å². The first-order valence-electron chi connectivity index (χ1n) is 2.15. The van der Waals surface area contributed by atoms with Crippen LogP contribution in [0.15, 0.2) is 0 Å². The molecule has 1 nitrogen and oxygen atoms in total. The average Bonchev–Trinajstić information content (AvgIpc) is 1.86. The molecule has 1 aliphatic rings. The van der Waals surface area contributed by atoms with E-state index in [1.807, 2.05) is 0 Å². The van der Waals surface area contributed by atoms with Crippen LogP contribution in [-0.2, 0) is 4.74 Å². The second-order valence-electron chi connectivity index (χ2n) is 1.42. The minimum absolute atomic E-state index is 0.516. The summed E-state index contributed by atoms with van der Waals surface area (Å²) >= 11 is 2.31. The first kappa shape index (κ1) is 4.84. The number of rotatable bonds is 0. The monoisotopic (exact) mass is 198 g/mol. The Labute approximate surface area is 51.2 Å². The van der Waals surface area contributed by atoms with Crippen LogP contribution in [0.5, 0.6) is 0 Å². The molecule has 1 aliphatic heterocycles. The maximum atomic E-state index is 5.14. The highest BCUT2D eigenvalue weighted by Crippen LogP contribution is 2.16. The zero-order valence-electron chi connectivity index (χ0n) is 3.48. The van der Waals surface area contributed by atoms with Crippen molar-refractivity contribution in [2.24, 2.45) is 0 Å². The van der Waals surface area contributed by atoms with Crippen LogP contribution in [0.3, 0.4) is 0 Å². The largest absolute Gasteiger partial charge is 0.368 e. The molecule has 0 aromatic carbocycles. The molecule has 1 atom stereocenters. The molecule has 0 aliphatic carbocycles. The Bertz CT molecular complexity index is 40.8. The topological polar surface area (TPSA) is 9.23 Å². The molecule has 1 saturated heterocycles. The van der Waals surface area contributed by atoms with Gasteiger partial charge in [-0.25, -0.2) is 0 Å². The minimum atomic E-state index is 0.516. The Balaban J connectivity index is 2.18. The van der Waals surface area contributed by atoms with Crippen molar-refractivity contribution in [3.05, 3.63) is 0 Å². The second-order valence-corrected chi connectivity index (χ2v) is 2.81. The second kappa shape index (κ2) is 2.12. The number of alkyl halides is 1. The van der Waals surface area contributed by atoms with E-state index in [9.17, 15) is 0 Å². The summed E-state index contributed by atoms with van der Waals surface area (Å²) in [6.45, 7) is 0.980. The van der Waals surface area contributed by atoms with Crippen LogP contribution in [0, 0.1) is 0 Å². The van der Waals surface area contributed by atoms with Crippen LogP contribution < -0.4 is 0 Å². The lowest BCUT2D eigenvalue weighted by Gasteiger charge is -1.92. The molecule has 0 spiro atoms. The highest BCUT2D eigenvalue weighted by atomic mass is 127. The van der Waals surface area contributed by atoms with Crippen molar-refractivity contribution in [2.75, 3.05) is 6.61 Å². The first-order valence-corrected chi connectivity index (χ1v) is 3.40. The van der Waals surface area contributed by atoms with E-state index in [1.54, 1.807) is 0 Å². The van der Waals surface area contributed by atoms with Crippen LogP contribution in [0.4, 0.5) is 0 Å². The number of ether oxygens (including phenoxy) is 1. The van der Waals surface area contributed by atoms with Gasteiger partial charge in [0.1, 0.15) is 4.11 Å². The molecule has 0 radical (unpaired) electrons. The lowest BCUT2D eigenvalue weighted by Crippen LogP contribution is -1.88. The molecule has 0 unspecified atom stereocenters. The van der Waals surface area contributed by atoms with Crippen molar-refractivity contribution in [3.8, 4) is 0 Å². The molecule has 0 bridgehead atoms. The Morgan fingerprint density at radius 3 is 2.67 bits per heavy atom. The van der Waals surface area contributed by atoms with Crippen LogP contribution >= 0.6 is 22.6 Å². The van der Waals surface area contributed by atoms with Gasteiger partial charge in [0.25, 0.3) is 0 Å². The Hall–Kier alpha value is 0.690. The van der Waals surface area contributed by atoms with Gasteiger partial charge in [-0.2, -0.15) is 0 Å². The number of hydrogen-bond acceptors (Lipinski definition) is 1. The summed E-state index contributed by atoms with van der Waals surface area (Å²) in [6, 6.07) is 0. The lowest BCUT2D eigenvalue weighted by molar-refractivity contribution is 0.184. The molecule has 0 amide bonds. The predicted octanol–water partition coefficient (Wildman–Crippen LogP) is 1.56. The summed E-state index contributed by atoms with van der Waals surface area (Å²) in [5, 5.41) is 0. The van der Waals surface area contributed by atoms with Gasteiger partial charge in [-0.1, -0.05) is 22.6 Å². The van der Waals surface area contributed by atoms with Crippen molar-refractivity contribution in [2.45, 2.75) is 17.0 Å². The summed E-state index contributed by atoms with van der Waals surface area (Å²) in [5.74, 6) is 0. The van der Waals surface area contributed by atoms with Gasteiger partial charge in [-0.15, -0.1) is 0 Å². The van der Waals surface area contributed by atoms with Gasteiger partial charge in [0.2, 0.25) is 0 Å². The maximum Gasteiger partial charge on any atom is 0.108 e. The van der Waals surface area contributed by atoms with Crippen LogP contribution in [0.2, 0.25) is 0 Å². The van der Waals surface area contributed by atoms with Gasteiger partial charge in [0.15, 0.2) is 0 Å². The molecule has 2 heteroatoms. The lowest BCUT2D eigenvalue weighted by atomic mass is 10.4. The fourth-order valence-corrected chi connectivity index (χ4v) is 1.23. The van der Waals surface area contributed by atoms with Gasteiger partial charge in [0.05, 0.1) is 0 Å². The van der Waals surface area contributed by atoms with E-state index in [2.05, 4.69) is 22.6 Å². The van der Waals surface area contributed by atoms with E-state index in [0.717, 1.165) is 6.61 Å². The van der Waals surface area contributed by atoms with Gasteiger partial charge in [-0.3, -0.25) is 0 Å². The normalized spacial score (nSPS) is 34.5. The van der Waals surface area contributed by atoms with Gasteiger partial charge in [0, 0.05) is 6.61 Å². The molecular weight excluding hydrogens is 191 g/mol. The van der Waals surface area contributed by atoms with Crippen LogP contribution in [0.1, 0.15) is 12.8 Å².